The Kier molecular flexibility index (Phi) is 4.61. The molecule has 4 heteroatoms. The number of fused-ring (bicyclic) bond motifs is 2. The highest BCUT2D eigenvalue weighted by Gasteiger charge is 2.22. The number of allylic oxidation sites excluding steroid dienone is 4. The van der Waals surface area contributed by atoms with Crippen LogP contribution in [0.15, 0.2) is 81.8 Å². The zero-order chi connectivity index (χ0) is 19.1. The van der Waals surface area contributed by atoms with Crippen molar-refractivity contribution in [3.8, 4) is 0 Å². The third-order valence-electron chi connectivity index (χ3n) is 5.46. The molecule has 0 radical (unpaired) electrons. The maximum absolute atomic E-state index is 2.40. The molecule has 0 unspecified atom stereocenters. The van der Waals surface area contributed by atoms with Gasteiger partial charge in [-0.05, 0) is 54.7 Å². The third-order valence-corrected chi connectivity index (χ3v) is 7.79. The summed E-state index contributed by atoms with van der Waals surface area (Å²) in [6, 6.07) is 17.3. The zero-order valence-corrected chi connectivity index (χ0v) is 17.8. The van der Waals surface area contributed by atoms with E-state index in [1.807, 2.05) is 23.1 Å². The van der Waals surface area contributed by atoms with Crippen LogP contribution >= 0.6 is 23.1 Å². The lowest BCUT2D eigenvalue weighted by molar-refractivity contribution is -0.642. The summed E-state index contributed by atoms with van der Waals surface area (Å²) in [4.78, 5) is 3.66. The second-order valence-electron chi connectivity index (χ2n) is 7.37. The summed E-state index contributed by atoms with van der Waals surface area (Å²) in [6.45, 7) is 0. The Hall–Kier alpha value is -2.30. The van der Waals surface area contributed by atoms with Gasteiger partial charge in [0.15, 0.2) is 0 Å². The van der Waals surface area contributed by atoms with Crippen molar-refractivity contribution in [3.05, 3.63) is 81.9 Å². The van der Waals surface area contributed by atoms with Gasteiger partial charge in [-0.1, -0.05) is 53.4 Å². The summed E-state index contributed by atoms with van der Waals surface area (Å²) in [6.07, 6.45) is 10.7. The van der Waals surface area contributed by atoms with Crippen LogP contribution in [0.2, 0.25) is 0 Å². The van der Waals surface area contributed by atoms with Gasteiger partial charge in [-0.3, -0.25) is 0 Å². The first-order valence-electron chi connectivity index (χ1n) is 9.70. The number of rotatable bonds is 2. The lowest BCUT2D eigenvalue weighted by atomic mass is 9.95. The van der Waals surface area contributed by atoms with Crippen LogP contribution < -0.4 is 9.47 Å². The average Bonchev–Trinajstić information content (AvgIpc) is 3.20. The molecule has 0 amide bonds. The van der Waals surface area contributed by atoms with Crippen molar-refractivity contribution in [2.75, 3.05) is 11.9 Å². The second kappa shape index (κ2) is 7.26. The van der Waals surface area contributed by atoms with Crippen LogP contribution in [0.3, 0.4) is 0 Å². The monoisotopic (exact) mass is 403 g/mol. The van der Waals surface area contributed by atoms with E-state index in [4.69, 9.17) is 0 Å². The molecular formula is C24H23N2S2+. The van der Waals surface area contributed by atoms with Crippen molar-refractivity contribution >= 4 is 45.1 Å². The average molecular weight is 404 g/mol. The van der Waals surface area contributed by atoms with Crippen LogP contribution in [0.1, 0.15) is 24.3 Å². The van der Waals surface area contributed by atoms with Crippen LogP contribution in [-0.4, -0.2) is 7.05 Å². The van der Waals surface area contributed by atoms with Gasteiger partial charge in [-0.15, -0.1) is 0 Å². The van der Waals surface area contributed by atoms with Gasteiger partial charge < -0.3 is 4.90 Å². The third kappa shape index (κ3) is 3.21. The normalized spacial score (nSPS) is 19.5. The summed E-state index contributed by atoms with van der Waals surface area (Å²) in [5.74, 6) is 0. The highest BCUT2D eigenvalue weighted by molar-refractivity contribution is 8.03. The van der Waals surface area contributed by atoms with E-state index in [-0.39, 0.29) is 0 Å². The molecule has 0 N–H and O–H groups in total. The molecule has 3 aromatic rings. The fourth-order valence-electron chi connectivity index (χ4n) is 3.92. The van der Waals surface area contributed by atoms with Crippen LogP contribution in [-0.2, 0) is 7.05 Å². The first-order chi connectivity index (χ1) is 13.7. The molecule has 0 atom stereocenters. The minimum absolute atomic E-state index is 1.16. The van der Waals surface area contributed by atoms with E-state index >= 15 is 0 Å². The molecule has 0 saturated heterocycles. The molecule has 1 aliphatic heterocycles. The number of nitrogens with zero attached hydrogens (tertiary/aromatic N) is 2. The summed E-state index contributed by atoms with van der Waals surface area (Å²) < 4.78 is 3.66. The molecule has 140 valence electrons. The van der Waals surface area contributed by atoms with Crippen molar-refractivity contribution in [2.24, 2.45) is 7.05 Å². The molecule has 0 bridgehead atoms. The van der Waals surface area contributed by atoms with E-state index in [0.717, 1.165) is 12.8 Å². The van der Waals surface area contributed by atoms with Crippen molar-refractivity contribution in [1.82, 2.24) is 0 Å². The molecule has 0 spiro atoms. The Morgan fingerprint density at radius 1 is 1.00 bits per heavy atom. The summed E-state index contributed by atoms with van der Waals surface area (Å²) in [7, 11) is 4.34. The van der Waals surface area contributed by atoms with Crippen molar-refractivity contribution in [3.63, 3.8) is 0 Å². The number of hydrogen-bond acceptors (Lipinski definition) is 3. The maximum Gasteiger partial charge on any atom is 0.262 e. The SMILES string of the molecule is CN1/C(=C/C2=CC(=C/c3sc4ccccc4[n+]3C)/CCC2)Sc2ccccc21. The fraction of sp³-hybridized carbons (Fsp3) is 0.208. The molecule has 1 aromatic heterocycles. The van der Waals surface area contributed by atoms with E-state index in [9.17, 15) is 0 Å². The minimum atomic E-state index is 1.16. The van der Waals surface area contributed by atoms with E-state index < -0.39 is 0 Å². The second-order valence-corrected chi connectivity index (χ2v) is 9.49. The Balaban J connectivity index is 1.46. The van der Waals surface area contributed by atoms with Gasteiger partial charge in [0.1, 0.15) is 11.7 Å². The number of thiazole rings is 1. The van der Waals surface area contributed by atoms with E-state index in [1.54, 1.807) is 0 Å². The zero-order valence-electron chi connectivity index (χ0n) is 16.2. The molecular weight excluding hydrogens is 380 g/mol. The number of benzene rings is 2. The largest absolute Gasteiger partial charge is 0.338 e. The lowest BCUT2D eigenvalue weighted by Gasteiger charge is -2.16. The molecule has 5 rings (SSSR count). The van der Waals surface area contributed by atoms with Gasteiger partial charge in [0.25, 0.3) is 5.01 Å². The molecule has 1 aliphatic carbocycles. The molecule has 2 aromatic carbocycles. The lowest BCUT2D eigenvalue weighted by Crippen LogP contribution is -2.28. The minimum Gasteiger partial charge on any atom is -0.338 e. The Labute approximate surface area is 174 Å². The summed E-state index contributed by atoms with van der Waals surface area (Å²) in [5.41, 5.74) is 5.48. The van der Waals surface area contributed by atoms with Gasteiger partial charge in [0, 0.05) is 24.1 Å². The van der Waals surface area contributed by atoms with E-state index in [0.29, 0.717) is 0 Å². The topological polar surface area (TPSA) is 7.12 Å². The predicted octanol–water partition coefficient (Wildman–Crippen LogP) is 6.30. The summed E-state index contributed by atoms with van der Waals surface area (Å²) in [5, 5.41) is 2.64. The van der Waals surface area contributed by atoms with Gasteiger partial charge in [0.05, 0.1) is 10.7 Å². The van der Waals surface area contributed by atoms with Gasteiger partial charge in [-0.25, -0.2) is 0 Å². The Morgan fingerprint density at radius 2 is 1.82 bits per heavy atom. The van der Waals surface area contributed by atoms with E-state index in [1.165, 1.54) is 48.4 Å². The van der Waals surface area contributed by atoms with Gasteiger partial charge in [0.2, 0.25) is 5.52 Å². The number of anilines is 1. The predicted molar refractivity (Wildman–Crippen MR) is 122 cm³/mol. The highest BCUT2D eigenvalue weighted by Crippen LogP contribution is 2.45. The van der Waals surface area contributed by atoms with Crippen molar-refractivity contribution < 1.29 is 4.57 Å². The maximum atomic E-state index is 2.40. The molecule has 2 aliphatic rings. The molecule has 0 saturated carbocycles. The quantitative estimate of drug-likeness (QED) is 0.463. The van der Waals surface area contributed by atoms with Gasteiger partial charge in [-0.2, -0.15) is 4.57 Å². The number of para-hydroxylation sites is 2. The fourth-order valence-corrected chi connectivity index (χ4v) is 6.17. The molecule has 2 nitrogen and oxygen atoms in total. The van der Waals surface area contributed by atoms with Crippen LogP contribution in [0.5, 0.6) is 0 Å². The van der Waals surface area contributed by atoms with Crippen LogP contribution in [0, 0.1) is 0 Å². The van der Waals surface area contributed by atoms with Gasteiger partial charge >= 0.3 is 0 Å². The number of thioether (sulfide) groups is 1. The summed E-state index contributed by atoms with van der Waals surface area (Å²) >= 11 is 3.75. The number of hydrogen-bond donors (Lipinski definition) is 0. The van der Waals surface area contributed by atoms with E-state index in [2.05, 4.69) is 90.3 Å². The Morgan fingerprint density at radius 3 is 2.68 bits per heavy atom. The van der Waals surface area contributed by atoms with Crippen molar-refractivity contribution in [2.45, 2.75) is 24.2 Å². The van der Waals surface area contributed by atoms with Crippen LogP contribution in [0.25, 0.3) is 16.3 Å². The first kappa shape index (κ1) is 17.8. The number of aryl methyl sites for hydroxylation is 1. The molecule has 28 heavy (non-hydrogen) atoms. The molecule has 2 heterocycles. The van der Waals surface area contributed by atoms with Crippen molar-refractivity contribution in [1.29, 1.82) is 0 Å². The number of aromatic nitrogens is 1. The standard InChI is InChI=1S/C24H23N2S2/c1-25-19-10-3-5-12-21(19)27-23(25)15-17-8-7-9-18(14-17)16-24-26(2)20-11-4-6-13-22(20)28-24/h3-6,10-16H,7-9H2,1-2H3/q+1. The smallest absolute Gasteiger partial charge is 0.262 e. The Bertz CT molecular complexity index is 1150. The first-order valence-corrected chi connectivity index (χ1v) is 11.3. The van der Waals surface area contributed by atoms with Crippen LogP contribution in [0.4, 0.5) is 5.69 Å². The highest BCUT2D eigenvalue weighted by atomic mass is 32.2. The molecule has 0 fully saturated rings.